The molecule has 0 aliphatic carbocycles. The lowest BCUT2D eigenvalue weighted by Crippen LogP contribution is -2.04. The summed E-state index contributed by atoms with van der Waals surface area (Å²) in [6.07, 6.45) is 0. The first kappa shape index (κ1) is 11.9. The maximum atomic E-state index is 11.6. The van der Waals surface area contributed by atoms with E-state index in [1.54, 1.807) is 13.0 Å². The second-order valence-electron chi connectivity index (χ2n) is 3.77. The molecule has 0 aliphatic heterocycles. The molecule has 2 rings (SSSR count). The topological polar surface area (TPSA) is 46.5 Å². The maximum Gasteiger partial charge on any atom is 0.341 e. The largest absolute Gasteiger partial charge is 0.506 e. The Balaban J connectivity index is 2.82. The van der Waals surface area contributed by atoms with Gasteiger partial charge in [-0.2, -0.15) is 0 Å². The van der Waals surface area contributed by atoms with E-state index < -0.39 is 5.97 Å². The number of aromatic hydroxyl groups is 1. The Morgan fingerprint density at radius 2 is 2.06 bits per heavy atom. The van der Waals surface area contributed by atoms with Crippen molar-refractivity contribution in [2.24, 2.45) is 0 Å². The van der Waals surface area contributed by atoms with Gasteiger partial charge in [-0.3, -0.25) is 0 Å². The number of ether oxygens (including phenoxy) is 1. The number of esters is 1. The summed E-state index contributed by atoms with van der Waals surface area (Å²) >= 11 is 3.34. The molecule has 2 aromatic rings. The van der Waals surface area contributed by atoms with E-state index in [9.17, 15) is 9.90 Å². The molecule has 2 aromatic carbocycles. The van der Waals surface area contributed by atoms with Crippen molar-refractivity contribution in [2.45, 2.75) is 6.92 Å². The van der Waals surface area contributed by atoms with Crippen LogP contribution in [-0.2, 0) is 4.74 Å². The van der Waals surface area contributed by atoms with Gasteiger partial charge in [0.05, 0.1) is 7.11 Å². The number of benzene rings is 2. The normalized spacial score (nSPS) is 10.5. The van der Waals surface area contributed by atoms with Crippen molar-refractivity contribution < 1.29 is 14.6 Å². The van der Waals surface area contributed by atoms with Gasteiger partial charge in [0.15, 0.2) is 0 Å². The first-order valence-corrected chi connectivity index (χ1v) is 5.84. The molecule has 0 bridgehead atoms. The van der Waals surface area contributed by atoms with E-state index in [0.717, 1.165) is 9.86 Å². The van der Waals surface area contributed by atoms with Gasteiger partial charge in [-0.25, -0.2) is 4.79 Å². The number of aryl methyl sites for hydroxylation is 1. The van der Waals surface area contributed by atoms with Gasteiger partial charge in [0.1, 0.15) is 11.3 Å². The molecular formula is C13H11BrO3. The summed E-state index contributed by atoms with van der Waals surface area (Å²) < 4.78 is 5.51. The SMILES string of the molecule is COC(=O)c1c(C)cc2ccc(Br)cc2c1O. The molecule has 0 spiro atoms. The molecule has 0 aromatic heterocycles. The number of methoxy groups -OCH3 is 1. The minimum Gasteiger partial charge on any atom is -0.506 e. The summed E-state index contributed by atoms with van der Waals surface area (Å²) in [5.41, 5.74) is 0.919. The van der Waals surface area contributed by atoms with Crippen molar-refractivity contribution in [3.8, 4) is 5.75 Å². The molecule has 0 amide bonds. The molecule has 0 saturated carbocycles. The number of carbonyl (C=O) groups is 1. The first-order valence-electron chi connectivity index (χ1n) is 5.04. The third-order valence-electron chi connectivity index (χ3n) is 2.66. The Kier molecular flexibility index (Phi) is 3.07. The zero-order valence-electron chi connectivity index (χ0n) is 9.45. The maximum absolute atomic E-state index is 11.6. The summed E-state index contributed by atoms with van der Waals surface area (Å²) in [6.45, 7) is 1.77. The second-order valence-corrected chi connectivity index (χ2v) is 4.69. The highest BCUT2D eigenvalue weighted by molar-refractivity contribution is 9.10. The fraction of sp³-hybridized carbons (Fsp3) is 0.154. The van der Waals surface area contributed by atoms with E-state index in [-0.39, 0.29) is 11.3 Å². The molecule has 0 unspecified atom stereocenters. The molecule has 0 fully saturated rings. The number of phenols is 1. The number of hydrogen-bond donors (Lipinski definition) is 1. The van der Waals surface area contributed by atoms with Gasteiger partial charge in [0, 0.05) is 9.86 Å². The Morgan fingerprint density at radius 1 is 1.35 bits per heavy atom. The summed E-state index contributed by atoms with van der Waals surface area (Å²) in [4.78, 5) is 11.6. The van der Waals surface area contributed by atoms with Crippen molar-refractivity contribution in [2.75, 3.05) is 7.11 Å². The number of fused-ring (bicyclic) bond motifs is 1. The van der Waals surface area contributed by atoms with Gasteiger partial charge in [0.25, 0.3) is 0 Å². The predicted molar refractivity (Wildman–Crippen MR) is 69.4 cm³/mol. The monoisotopic (exact) mass is 294 g/mol. The van der Waals surface area contributed by atoms with Crippen LogP contribution in [0.1, 0.15) is 15.9 Å². The van der Waals surface area contributed by atoms with Gasteiger partial charge >= 0.3 is 5.97 Å². The van der Waals surface area contributed by atoms with Crippen molar-refractivity contribution in [1.29, 1.82) is 0 Å². The molecule has 3 nitrogen and oxygen atoms in total. The molecule has 0 heterocycles. The molecular weight excluding hydrogens is 284 g/mol. The average Bonchev–Trinajstić information content (AvgIpc) is 2.30. The minimum absolute atomic E-state index is 0.0341. The molecule has 1 N–H and O–H groups in total. The lowest BCUT2D eigenvalue weighted by atomic mass is 10.0. The molecule has 88 valence electrons. The van der Waals surface area contributed by atoms with Gasteiger partial charge < -0.3 is 9.84 Å². The van der Waals surface area contributed by atoms with Crippen LogP contribution < -0.4 is 0 Å². The van der Waals surface area contributed by atoms with E-state index in [4.69, 9.17) is 0 Å². The Bertz CT molecular complexity index is 605. The van der Waals surface area contributed by atoms with Crippen molar-refractivity contribution in [3.63, 3.8) is 0 Å². The van der Waals surface area contributed by atoms with E-state index in [2.05, 4.69) is 20.7 Å². The van der Waals surface area contributed by atoms with E-state index in [1.807, 2.05) is 18.2 Å². The van der Waals surface area contributed by atoms with Crippen LogP contribution in [0.25, 0.3) is 10.8 Å². The zero-order valence-corrected chi connectivity index (χ0v) is 11.0. The summed E-state index contributed by atoms with van der Waals surface area (Å²) in [6, 6.07) is 7.40. The molecule has 4 heteroatoms. The zero-order chi connectivity index (χ0) is 12.6. The van der Waals surface area contributed by atoms with Gasteiger partial charge in [-0.15, -0.1) is 0 Å². The molecule has 0 atom stereocenters. The minimum atomic E-state index is -0.526. The lowest BCUT2D eigenvalue weighted by molar-refractivity contribution is 0.0597. The number of hydrogen-bond acceptors (Lipinski definition) is 3. The first-order chi connectivity index (χ1) is 8.04. The van der Waals surface area contributed by atoms with Crippen LogP contribution in [0.2, 0.25) is 0 Å². The van der Waals surface area contributed by atoms with Gasteiger partial charge in [-0.05, 0) is 30.0 Å². The van der Waals surface area contributed by atoms with Gasteiger partial charge in [0.2, 0.25) is 0 Å². The number of halogens is 1. The molecule has 0 aliphatic rings. The lowest BCUT2D eigenvalue weighted by Gasteiger charge is -2.10. The number of carbonyl (C=O) groups excluding carboxylic acids is 1. The average molecular weight is 295 g/mol. The van der Waals surface area contributed by atoms with E-state index in [0.29, 0.717) is 10.9 Å². The van der Waals surface area contributed by atoms with Crippen molar-refractivity contribution >= 4 is 32.7 Å². The predicted octanol–water partition coefficient (Wildman–Crippen LogP) is 3.40. The van der Waals surface area contributed by atoms with Crippen LogP contribution in [0, 0.1) is 6.92 Å². The van der Waals surface area contributed by atoms with Crippen LogP contribution in [0.15, 0.2) is 28.7 Å². The highest BCUT2D eigenvalue weighted by Crippen LogP contribution is 2.33. The van der Waals surface area contributed by atoms with Crippen molar-refractivity contribution in [3.05, 3.63) is 39.9 Å². The van der Waals surface area contributed by atoms with Crippen LogP contribution in [0.5, 0.6) is 5.75 Å². The fourth-order valence-electron chi connectivity index (χ4n) is 1.85. The standard InChI is InChI=1S/C13H11BrO3/c1-7-5-8-3-4-9(14)6-10(8)12(15)11(7)13(16)17-2/h3-6,15H,1-2H3. The summed E-state index contributed by atoms with van der Waals surface area (Å²) in [7, 11) is 1.30. The molecule has 0 saturated heterocycles. The van der Waals surface area contributed by atoms with Crippen LogP contribution in [0.4, 0.5) is 0 Å². The Labute approximate surface area is 107 Å². The van der Waals surface area contributed by atoms with E-state index >= 15 is 0 Å². The Morgan fingerprint density at radius 3 is 2.71 bits per heavy atom. The molecule has 17 heavy (non-hydrogen) atoms. The van der Waals surface area contributed by atoms with E-state index in [1.165, 1.54) is 7.11 Å². The molecule has 0 radical (unpaired) electrons. The second kappa shape index (κ2) is 4.37. The quantitative estimate of drug-likeness (QED) is 0.820. The number of rotatable bonds is 1. The van der Waals surface area contributed by atoms with Crippen molar-refractivity contribution in [1.82, 2.24) is 0 Å². The highest BCUT2D eigenvalue weighted by Gasteiger charge is 2.17. The fourth-order valence-corrected chi connectivity index (χ4v) is 2.21. The number of phenolic OH excluding ortho intramolecular Hbond substituents is 1. The van der Waals surface area contributed by atoms with Gasteiger partial charge in [-0.1, -0.05) is 28.1 Å². The summed E-state index contributed by atoms with van der Waals surface area (Å²) in [5, 5.41) is 11.6. The van der Waals surface area contributed by atoms with Crippen LogP contribution in [0.3, 0.4) is 0 Å². The summed E-state index contributed by atoms with van der Waals surface area (Å²) in [5.74, 6) is -0.560. The van der Waals surface area contributed by atoms with Crippen LogP contribution in [-0.4, -0.2) is 18.2 Å². The third-order valence-corrected chi connectivity index (χ3v) is 3.16. The third kappa shape index (κ3) is 2.00. The Hall–Kier alpha value is -1.55. The highest BCUT2D eigenvalue weighted by atomic mass is 79.9. The van der Waals surface area contributed by atoms with Crippen LogP contribution >= 0.6 is 15.9 Å². The smallest absolute Gasteiger partial charge is 0.341 e.